The summed E-state index contributed by atoms with van der Waals surface area (Å²) in [5.74, 6) is -1.07. The number of carbonyl (C=O) groups is 1. The quantitative estimate of drug-likeness (QED) is 0.845. The van der Waals surface area contributed by atoms with Crippen molar-refractivity contribution in [1.82, 2.24) is 0 Å². The van der Waals surface area contributed by atoms with E-state index in [2.05, 4.69) is 5.32 Å². The highest BCUT2D eigenvalue weighted by Crippen LogP contribution is 2.35. The Morgan fingerprint density at radius 2 is 1.90 bits per heavy atom. The lowest BCUT2D eigenvalue weighted by atomic mass is 10.1. The van der Waals surface area contributed by atoms with Gasteiger partial charge >= 0.3 is 5.97 Å². The molecule has 0 saturated heterocycles. The molecule has 0 aliphatic carbocycles. The zero-order valence-electron chi connectivity index (χ0n) is 11.3. The van der Waals surface area contributed by atoms with Crippen LogP contribution in [0.25, 0.3) is 0 Å². The molecule has 2 aromatic rings. The van der Waals surface area contributed by atoms with Crippen molar-refractivity contribution in [2.24, 2.45) is 0 Å². The van der Waals surface area contributed by atoms with E-state index in [4.69, 9.17) is 5.11 Å². The summed E-state index contributed by atoms with van der Waals surface area (Å²) in [6.07, 6.45) is 0. The molecule has 0 fully saturated rings. The predicted octanol–water partition coefficient (Wildman–Crippen LogP) is 2.45. The largest absolute Gasteiger partial charge is 0.478 e. The molecule has 2 aromatic carbocycles. The standard InChI is InChI=1S/C15H13NO4S/c1-9-6-14-12(7-11(9)15(17)18)16-8-10-4-2-3-5-13(10)21(14,19)20/h2-7,16H,8H2,1H3,(H,17,18). The number of hydrogen-bond donors (Lipinski definition) is 2. The zero-order valence-corrected chi connectivity index (χ0v) is 12.1. The van der Waals surface area contributed by atoms with E-state index in [0.717, 1.165) is 0 Å². The summed E-state index contributed by atoms with van der Waals surface area (Å²) in [6, 6.07) is 9.58. The number of carboxylic acids is 1. The van der Waals surface area contributed by atoms with Gasteiger partial charge in [0.05, 0.1) is 21.0 Å². The molecule has 108 valence electrons. The summed E-state index contributed by atoms with van der Waals surface area (Å²) in [7, 11) is -3.66. The number of anilines is 1. The minimum atomic E-state index is -3.66. The van der Waals surface area contributed by atoms with Crippen molar-refractivity contribution in [2.45, 2.75) is 23.3 Å². The Morgan fingerprint density at radius 1 is 1.19 bits per heavy atom. The van der Waals surface area contributed by atoms with Gasteiger partial charge in [-0.25, -0.2) is 13.2 Å². The molecule has 1 aliphatic rings. The first kappa shape index (κ1) is 13.6. The molecule has 3 rings (SSSR count). The maximum atomic E-state index is 12.8. The number of benzene rings is 2. The molecule has 0 aromatic heterocycles. The Balaban J connectivity index is 2.31. The molecule has 0 atom stereocenters. The molecule has 6 heteroatoms. The molecular formula is C15H13NO4S. The van der Waals surface area contributed by atoms with E-state index in [0.29, 0.717) is 23.4 Å². The van der Waals surface area contributed by atoms with Gasteiger partial charge in [0.15, 0.2) is 0 Å². The topological polar surface area (TPSA) is 83.5 Å². The van der Waals surface area contributed by atoms with Crippen molar-refractivity contribution in [3.63, 3.8) is 0 Å². The number of carboxylic acid groups (broad SMARTS) is 1. The van der Waals surface area contributed by atoms with Crippen LogP contribution in [0.3, 0.4) is 0 Å². The highest BCUT2D eigenvalue weighted by atomic mass is 32.2. The number of hydrogen-bond acceptors (Lipinski definition) is 4. The maximum absolute atomic E-state index is 12.8. The normalized spacial score (nSPS) is 15.3. The van der Waals surface area contributed by atoms with Gasteiger partial charge in [0.1, 0.15) is 0 Å². The van der Waals surface area contributed by atoms with E-state index in [1.807, 2.05) is 0 Å². The summed E-state index contributed by atoms with van der Waals surface area (Å²) in [4.78, 5) is 11.6. The van der Waals surface area contributed by atoms with Gasteiger partial charge in [-0.15, -0.1) is 0 Å². The van der Waals surface area contributed by atoms with Crippen molar-refractivity contribution in [3.05, 3.63) is 53.1 Å². The highest BCUT2D eigenvalue weighted by molar-refractivity contribution is 7.91. The van der Waals surface area contributed by atoms with Crippen molar-refractivity contribution in [3.8, 4) is 0 Å². The number of aromatic carboxylic acids is 1. The van der Waals surface area contributed by atoms with E-state index >= 15 is 0 Å². The summed E-state index contributed by atoms with van der Waals surface area (Å²) in [6.45, 7) is 1.93. The Labute approximate surface area is 122 Å². The van der Waals surface area contributed by atoms with E-state index in [-0.39, 0.29) is 15.4 Å². The van der Waals surface area contributed by atoms with Crippen LogP contribution in [0.4, 0.5) is 5.69 Å². The van der Waals surface area contributed by atoms with Crippen molar-refractivity contribution < 1.29 is 18.3 Å². The molecule has 0 spiro atoms. The number of aryl methyl sites for hydroxylation is 1. The average Bonchev–Trinajstić information content (AvgIpc) is 2.55. The summed E-state index contributed by atoms with van der Waals surface area (Å²) in [5, 5.41) is 12.2. The number of sulfone groups is 1. The van der Waals surface area contributed by atoms with Crippen molar-refractivity contribution in [1.29, 1.82) is 0 Å². The lowest BCUT2D eigenvalue weighted by molar-refractivity contribution is 0.0696. The fourth-order valence-electron chi connectivity index (χ4n) is 2.49. The second-order valence-corrected chi connectivity index (χ2v) is 6.82. The van der Waals surface area contributed by atoms with E-state index in [1.54, 1.807) is 31.2 Å². The van der Waals surface area contributed by atoms with Crippen molar-refractivity contribution in [2.75, 3.05) is 5.32 Å². The molecule has 5 nitrogen and oxygen atoms in total. The highest BCUT2D eigenvalue weighted by Gasteiger charge is 2.28. The first-order valence-corrected chi connectivity index (χ1v) is 7.84. The van der Waals surface area contributed by atoms with Gasteiger partial charge in [0.25, 0.3) is 0 Å². The van der Waals surface area contributed by atoms with E-state index in [9.17, 15) is 13.2 Å². The Hall–Kier alpha value is -2.34. The number of fused-ring (bicyclic) bond motifs is 2. The third kappa shape index (κ3) is 2.08. The fourth-order valence-corrected chi connectivity index (χ4v) is 4.23. The Morgan fingerprint density at radius 3 is 2.62 bits per heavy atom. The van der Waals surface area contributed by atoms with Crippen LogP contribution < -0.4 is 5.32 Å². The number of rotatable bonds is 1. The van der Waals surface area contributed by atoms with Gasteiger partial charge in [0, 0.05) is 6.54 Å². The monoisotopic (exact) mass is 303 g/mol. The second kappa shape index (κ2) is 4.60. The lowest BCUT2D eigenvalue weighted by Crippen LogP contribution is -2.07. The first-order chi connectivity index (χ1) is 9.91. The van der Waals surface area contributed by atoms with Gasteiger partial charge in [-0.3, -0.25) is 0 Å². The predicted molar refractivity (Wildman–Crippen MR) is 77.4 cm³/mol. The van der Waals surface area contributed by atoms with Gasteiger partial charge < -0.3 is 10.4 Å². The molecule has 0 bridgehead atoms. The molecule has 0 amide bonds. The zero-order chi connectivity index (χ0) is 15.2. The second-order valence-electron chi connectivity index (χ2n) is 4.93. The summed E-state index contributed by atoms with van der Waals surface area (Å²) >= 11 is 0. The first-order valence-electron chi connectivity index (χ1n) is 6.36. The molecule has 2 N–H and O–H groups in total. The van der Waals surface area contributed by atoms with Gasteiger partial charge in [-0.05, 0) is 36.2 Å². The van der Waals surface area contributed by atoms with Gasteiger partial charge in [-0.2, -0.15) is 0 Å². The average molecular weight is 303 g/mol. The van der Waals surface area contributed by atoms with Crippen LogP contribution in [0.5, 0.6) is 0 Å². The van der Waals surface area contributed by atoms with Gasteiger partial charge in [0.2, 0.25) is 9.84 Å². The van der Waals surface area contributed by atoms with E-state index in [1.165, 1.54) is 12.1 Å². The van der Waals surface area contributed by atoms with Crippen LogP contribution in [0, 0.1) is 6.92 Å². The van der Waals surface area contributed by atoms with Crippen LogP contribution >= 0.6 is 0 Å². The summed E-state index contributed by atoms with van der Waals surface area (Å²) < 4.78 is 25.5. The molecule has 21 heavy (non-hydrogen) atoms. The number of nitrogens with one attached hydrogen (secondary N) is 1. The minimum absolute atomic E-state index is 0.0995. The molecule has 1 aliphatic heterocycles. The SMILES string of the molecule is Cc1cc2c(cc1C(=O)O)NCc1ccccc1S2(=O)=O. The molecule has 1 heterocycles. The lowest BCUT2D eigenvalue weighted by Gasteiger charge is -2.11. The van der Waals surface area contributed by atoms with Crippen LogP contribution in [-0.2, 0) is 16.4 Å². The van der Waals surface area contributed by atoms with Crippen LogP contribution in [0.2, 0.25) is 0 Å². The Bertz CT molecular complexity index is 856. The molecular weight excluding hydrogens is 290 g/mol. The fraction of sp³-hybridized carbons (Fsp3) is 0.133. The third-order valence-electron chi connectivity index (χ3n) is 3.58. The summed E-state index contributed by atoms with van der Waals surface area (Å²) in [5.41, 5.74) is 1.52. The van der Waals surface area contributed by atoms with Gasteiger partial charge in [-0.1, -0.05) is 18.2 Å². The smallest absolute Gasteiger partial charge is 0.336 e. The molecule has 0 radical (unpaired) electrons. The maximum Gasteiger partial charge on any atom is 0.336 e. The molecule has 0 saturated carbocycles. The Kier molecular flexibility index (Phi) is 2.98. The third-order valence-corrected chi connectivity index (χ3v) is 5.47. The van der Waals surface area contributed by atoms with Crippen molar-refractivity contribution >= 4 is 21.5 Å². The van der Waals surface area contributed by atoms with E-state index < -0.39 is 15.8 Å². The minimum Gasteiger partial charge on any atom is -0.478 e. The van der Waals surface area contributed by atoms with Crippen LogP contribution in [-0.4, -0.2) is 19.5 Å². The van der Waals surface area contributed by atoms with Crippen LogP contribution in [0.15, 0.2) is 46.2 Å². The molecule has 0 unspecified atom stereocenters. The van der Waals surface area contributed by atoms with Crippen LogP contribution in [0.1, 0.15) is 21.5 Å².